The zero-order valence-electron chi connectivity index (χ0n) is 11.6. The van der Waals surface area contributed by atoms with E-state index in [1.165, 1.54) is 19.3 Å². The van der Waals surface area contributed by atoms with Crippen LogP contribution in [0.25, 0.3) is 0 Å². The maximum atomic E-state index is 10.3. The highest BCUT2D eigenvalue weighted by Crippen LogP contribution is 2.25. The Kier molecular flexibility index (Phi) is 6.40. The molecule has 0 bridgehead atoms. The van der Waals surface area contributed by atoms with Gasteiger partial charge in [-0.3, -0.25) is 9.78 Å². The summed E-state index contributed by atoms with van der Waals surface area (Å²) < 4.78 is 0. The number of nitrogens with zero attached hydrogens (tertiary/aromatic N) is 1. The highest BCUT2D eigenvalue weighted by Gasteiger charge is 2.10. The molecule has 1 aromatic heterocycles. The molecule has 100 valence electrons. The predicted octanol–water partition coefficient (Wildman–Crippen LogP) is 3.97. The lowest BCUT2D eigenvalue weighted by atomic mass is 9.93. The van der Waals surface area contributed by atoms with Gasteiger partial charge in [-0.1, -0.05) is 33.6 Å². The number of pyridine rings is 1. The van der Waals surface area contributed by atoms with E-state index in [1.54, 1.807) is 6.20 Å². The molecular formula is C15H24N2O. The minimum atomic E-state index is 0.536. The van der Waals surface area contributed by atoms with Gasteiger partial charge in [0.25, 0.3) is 0 Å². The van der Waals surface area contributed by atoms with Crippen molar-refractivity contribution in [1.29, 1.82) is 0 Å². The van der Waals surface area contributed by atoms with Crippen molar-refractivity contribution < 1.29 is 4.79 Å². The van der Waals surface area contributed by atoms with E-state index in [0.29, 0.717) is 12.3 Å². The molecule has 0 aliphatic carbocycles. The van der Waals surface area contributed by atoms with Crippen molar-refractivity contribution in [2.45, 2.75) is 52.4 Å². The highest BCUT2D eigenvalue weighted by molar-refractivity contribution is 5.70. The van der Waals surface area contributed by atoms with Crippen molar-refractivity contribution in [3.8, 4) is 0 Å². The molecule has 0 aliphatic heterocycles. The number of anilines is 1. The lowest BCUT2D eigenvalue weighted by Gasteiger charge is -2.15. The standard InChI is InChI=1S/C15H24N2O/c1-4-13(7-5-6-12(2)3)15-9-8-14(10-16-15)17-11-18/h8-13H,4-7H2,1-3H3,(H,17,18). The maximum Gasteiger partial charge on any atom is 0.211 e. The number of aromatic nitrogens is 1. The molecule has 1 aromatic rings. The first-order valence-corrected chi connectivity index (χ1v) is 6.83. The third kappa shape index (κ3) is 4.86. The lowest BCUT2D eigenvalue weighted by molar-refractivity contribution is -0.105. The molecule has 0 aliphatic rings. The SMILES string of the molecule is CCC(CCCC(C)C)c1ccc(NC=O)cn1. The Balaban J connectivity index is 2.55. The molecule has 0 spiro atoms. The Morgan fingerprint density at radius 1 is 1.33 bits per heavy atom. The second kappa shape index (κ2) is 7.85. The average Bonchev–Trinajstić information content (AvgIpc) is 2.36. The van der Waals surface area contributed by atoms with Gasteiger partial charge in [-0.25, -0.2) is 0 Å². The summed E-state index contributed by atoms with van der Waals surface area (Å²) in [4.78, 5) is 14.8. The van der Waals surface area contributed by atoms with Gasteiger partial charge >= 0.3 is 0 Å². The summed E-state index contributed by atoms with van der Waals surface area (Å²) in [5.74, 6) is 1.31. The van der Waals surface area contributed by atoms with Gasteiger partial charge in [0, 0.05) is 11.6 Å². The number of hydrogen-bond donors (Lipinski definition) is 1. The summed E-state index contributed by atoms with van der Waals surface area (Å²) in [6, 6.07) is 3.94. The monoisotopic (exact) mass is 248 g/mol. The molecule has 3 nitrogen and oxygen atoms in total. The largest absolute Gasteiger partial charge is 0.327 e. The molecule has 0 radical (unpaired) electrons. The number of carbonyl (C=O) groups is 1. The quantitative estimate of drug-likeness (QED) is 0.707. The van der Waals surface area contributed by atoms with Crippen molar-refractivity contribution in [1.82, 2.24) is 4.98 Å². The van der Waals surface area contributed by atoms with Gasteiger partial charge < -0.3 is 5.32 Å². The van der Waals surface area contributed by atoms with Crippen LogP contribution in [0, 0.1) is 5.92 Å². The Morgan fingerprint density at radius 2 is 2.11 bits per heavy atom. The molecule has 1 N–H and O–H groups in total. The van der Waals surface area contributed by atoms with Crippen LogP contribution in [0.5, 0.6) is 0 Å². The van der Waals surface area contributed by atoms with E-state index in [4.69, 9.17) is 0 Å². The van der Waals surface area contributed by atoms with Crippen LogP contribution < -0.4 is 5.32 Å². The molecule has 3 heteroatoms. The van der Waals surface area contributed by atoms with Crippen LogP contribution >= 0.6 is 0 Å². The van der Waals surface area contributed by atoms with E-state index in [1.807, 2.05) is 12.1 Å². The Labute approximate surface area is 110 Å². The normalized spacial score (nSPS) is 12.4. The van der Waals surface area contributed by atoms with E-state index >= 15 is 0 Å². The second-order valence-corrected chi connectivity index (χ2v) is 5.16. The smallest absolute Gasteiger partial charge is 0.211 e. The molecule has 1 rings (SSSR count). The first-order chi connectivity index (χ1) is 8.67. The van der Waals surface area contributed by atoms with Crippen molar-refractivity contribution in [3.05, 3.63) is 24.0 Å². The van der Waals surface area contributed by atoms with Crippen molar-refractivity contribution in [2.24, 2.45) is 5.92 Å². The molecule has 0 aromatic carbocycles. The summed E-state index contributed by atoms with van der Waals surface area (Å²) in [5.41, 5.74) is 1.89. The van der Waals surface area contributed by atoms with Gasteiger partial charge in [-0.05, 0) is 30.9 Å². The molecule has 0 saturated carbocycles. The van der Waals surface area contributed by atoms with E-state index in [2.05, 4.69) is 31.1 Å². The topological polar surface area (TPSA) is 42.0 Å². The van der Waals surface area contributed by atoms with Crippen LogP contribution in [0.2, 0.25) is 0 Å². The first kappa shape index (κ1) is 14.7. The summed E-state index contributed by atoms with van der Waals surface area (Å²) in [7, 11) is 0. The van der Waals surface area contributed by atoms with Crippen LogP contribution in [0.15, 0.2) is 18.3 Å². The van der Waals surface area contributed by atoms with Gasteiger partial charge in [-0.2, -0.15) is 0 Å². The number of amides is 1. The maximum absolute atomic E-state index is 10.3. The van der Waals surface area contributed by atoms with Crippen LogP contribution in [-0.2, 0) is 4.79 Å². The molecule has 0 fully saturated rings. The van der Waals surface area contributed by atoms with E-state index in [9.17, 15) is 4.79 Å². The average molecular weight is 248 g/mol. The Bertz CT molecular complexity index is 346. The zero-order valence-corrected chi connectivity index (χ0v) is 11.6. The van der Waals surface area contributed by atoms with Crippen molar-refractivity contribution >= 4 is 12.1 Å². The third-order valence-corrected chi connectivity index (χ3v) is 3.26. The molecule has 1 atom stereocenters. The van der Waals surface area contributed by atoms with Crippen LogP contribution in [0.1, 0.15) is 58.1 Å². The van der Waals surface area contributed by atoms with Gasteiger partial charge in [0.05, 0.1) is 11.9 Å². The third-order valence-electron chi connectivity index (χ3n) is 3.26. The highest BCUT2D eigenvalue weighted by atomic mass is 16.1. The van der Waals surface area contributed by atoms with Gasteiger partial charge in [0.15, 0.2) is 0 Å². The van der Waals surface area contributed by atoms with Crippen molar-refractivity contribution in [2.75, 3.05) is 5.32 Å². The fraction of sp³-hybridized carbons (Fsp3) is 0.600. The number of hydrogen-bond acceptors (Lipinski definition) is 2. The summed E-state index contributed by atoms with van der Waals surface area (Å²) in [6.45, 7) is 6.73. The van der Waals surface area contributed by atoms with Crippen LogP contribution in [0.4, 0.5) is 5.69 Å². The van der Waals surface area contributed by atoms with Crippen molar-refractivity contribution in [3.63, 3.8) is 0 Å². The molecule has 18 heavy (non-hydrogen) atoms. The summed E-state index contributed by atoms with van der Waals surface area (Å²) >= 11 is 0. The Morgan fingerprint density at radius 3 is 2.61 bits per heavy atom. The van der Waals surface area contributed by atoms with Gasteiger partial charge in [0.2, 0.25) is 6.41 Å². The minimum absolute atomic E-state index is 0.536. The summed E-state index contributed by atoms with van der Waals surface area (Å²) in [5, 5.41) is 2.61. The first-order valence-electron chi connectivity index (χ1n) is 6.83. The number of rotatable bonds is 8. The fourth-order valence-corrected chi connectivity index (χ4v) is 2.13. The zero-order chi connectivity index (χ0) is 13.4. The van der Waals surface area contributed by atoms with Gasteiger partial charge in [0.1, 0.15) is 0 Å². The van der Waals surface area contributed by atoms with E-state index in [-0.39, 0.29) is 0 Å². The minimum Gasteiger partial charge on any atom is -0.327 e. The predicted molar refractivity (Wildman–Crippen MR) is 75.6 cm³/mol. The van der Waals surface area contributed by atoms with E-state index < -0.39 is 0 Å². The summed E-state index contributed by atoms with van der Waals surface area (Å²) in [6.07, 6.45) is 7.26. The molecule has 1 unspecified atom stereocenters. The number of nitrogens with one attached hydrogen (secondary N) is 1. The molecule has 1 amide bonds. The molecular weight excluding hydrogens is 224 g/mol. The molecule has 1 heterocycles. The van der Waals surface area contributed by atoms with Crippen LogP contribution in [0.3, 0.4) is 0 Å². The van der Waals surface area contributed by atoms with Crippen LogP contribution in [-0.4, -0.2) is 11.4 Å². The fourth-order valence-electron chi connectivity index (χ4n) is 2.13. The number of carbonyl (C=O) groups excluding carboxylic acids is 1. The Hall–Kier alpha value is -1.38. The lowest BCUT2D eigenvalue weighted by Crippen LogP contribution is -2.02. The second-order valence-electron chi connectivity index (χ2n) is 5.16. The van der Waals surface area contributed by atoms with Gasteiger partial charge in [-0.15, -0.1) is 0 Å². The molecule has 0 saturated heterocycles. The van der Waals surface area contributed by atoms with E-state index in [0.717, 1.165) is 23.7 Å².